The Morgan fingerprint density at radius 3 is 2.35 bits per heavy atom. The van der Waals surface area contributed by atoms with Gasteiger partial charge in [0, 0.05) is 6.54 Å². The van der Waals surface area contributed by atoms with Gasteiger partial charge >= 0.3 is 5.97 Å². The van der Waals surface area contributed by atoms with Gasteiger partial charge in [0.2, 0.25) is 10.0 Å². The summed E-state index contributed by atoms with van der Waals surface area (Å²) in [5.74, 6) is -1.06. The molecule has 2 rings (SSSR count). The van der Waals surface area contributed by atoms with Crippen molar-refractivity contribution in [3.63, 3.8) is 0 Å². The molecule has 0 aliphatic rings. The normalized spacial score (nSPS) is 11.4. The second-order valence-electron chi connectivity index (χ2n) is 3.91. The van der Waals surface area contributed by atoms with E-state index in [0.29, 0.717) is 16.9 Å². The fourth-order valence-electron chi connectivity index (χ4n) is 1.44. The van der Waals surface area contributed by atoms with Crippen LogP contribution in [0.15, 0.2) is 40.6 Å². The first-order valence-corrected chi connectivity index (χ1v) is 7.79. The van der Waals surface area contributed by atoms with Gasteiger partial charge in [0.25, 0.3) is 0 Å². The minimum atomic E-state index is -3.74. The van der Waals surface area contributed by atoms with E-state index in [1.54, 1.807) is 12.1 Å². The second kappa shape index (κ2) is 5.61. The summed E-state index contributed by atoms with van der Waals surface area (Å²) < 4.78 is 26.3. The van der Waals surface area contributed by atoms with E-state index in [-0.39, 0.29) is 21.4 Å². The summed E-state index contributed by atoms with van der Waals surface area (Å²) in [6.07, 6.45) is 0. The Kier molecular flexibility index (Phi) is 4.07. The van der Waals surface area contributed by atoms with E-state index in [0.717, 1.165) is 0 Å². The lowest BCUT2D eigenvalue weighted by atomic mass is 10.2. The van der Waals surface area contributed by atoms with Crippen molar-refractivity contribution in [2.24, 2.45) is 0 Å². The molecule has 2 aromatic rings. The summed E-state index contributed by atoms with van der Waals surface area (Å²) in [4.78, 5) is 10.7. The number of carboxylic acid groups (broad SMARTS) is 1. The Bertz CT molecular complexity index is 719. The van der Waals surface area contributed by atoms with Crippen LogP contribution < -0.4 is 4.72 Å². The second-order valence-corrected chi connectivity index (χ2v) is 6.99. The molecule has 0 saturated carbocycles. The van der Waals surface area contributed by atoms with Crippen LogP contribution >= 0.6 is 11.3 Å². The number of phenolic OH excluding ortho intramolecular Hbond substituents is 1. The van der Waals surface area contributed by atoms with Crippen molar-refractivity contribution in [1.82, 2.24) is 4.72 Å². The number of sulfonamides is 1. The lowest BCUT2D eigenvalue weighted by molar-refractivity contribution is 0.0702. The van der Waals surface area contributed by atoms with Gasteiger partial charge in [0.05, 0.1) is 0 Å². The summed E-state index contributed by atoms with van der Waals surface area (Å²) in [5.41, 5.74) is 0.682. The van der Waals surface area contributed by atoms with E-state index in [1.807, 2.05) is 0 Å². The van der Waals surface area contributed by atoms with Crippen molar-refractivity contribution < 1.29 is 23.4 Å². The molecule has 0 aliphatic carbocycles. The van der Waals surface area contributed by atoms with Gasteiger partial charge in [-0.25, -0.2) is 17.9 Å². The van der Waals surface area contributed by atoms with Gasteiger partial charge in [-0.2, -0.15) is 0 Å². The van der Waals surface area contributed by atoms with Gasteiger partial charge < -0.3 is 10.2 Å². The zero-order chi connectivity index (χ0) is 14.8. The summed E-state index contributed by atoms with van der Waals surface area (Å²) in [6.45, 7) is 0.0585. The van der Waals surface area contributed by atoms with E-state index in [1.165, 1.54) is 24.3 Å². The number of hydrogen-bond donors (Lipinski definition) is 3. The summed E-state index contributed by atoms with van der Waals surface area (Å²) in [7, 11) is -3.74. The largest absolute Gasteiger partial charge is 0.508 e. The van der Waals surface area contributed by atoms with Crippen molar-refractivity contribution in [2.45, 2.75) is 10.8 Å². The first kappa shape index (κ1) is 14.5. The molecular weight excluding hydrogens is 302 g/mol. The van der Waals surface area contributed by atoms with Crippen molar-refractivity contribution in [1.29, 1.82) is 0 Å². The maximum Gasteiger partial charge on any atom is 0.345 e. The molecule has 0 unspecified atom stereocenters. The Balaban J connectivity index is 2.10. The van der Waals surface area contributed by atoms with Crippen LogP contribution in [-0.4, -0.2) is 24.6 Å². The third-order valence-electron chi connectivity index (χ3n) is 2.46. The third-order valence-corrected chi connectivity index (χ3v) is 5.43. The van der Waals surface area contributed by atoms with Gasteiger partial charge in [-0.1, -0.05) is 12.1 Å². The van der Waals surface area contributed by atoms with Gasteiger partial charge in [-0.15, -0.1) is 11.3 Å². The zero-order valence-corrected chi connectivity index (χ0v) is 11.7. The molecule has 1 aromatic heterocycles. The first-order chi connectivity index (χ1) is 9.38. The van der Waals surface area contributed by atoms with Crippen LogP contribution in [0.4, 0.5) is 0 Å². The molecule has 6 nitrogen and oxygen atoms in total. The first-order valence-electron chi connectivity index (χ1n) is 5.49. The number of aromatic hydroxyl groups is 1. The Labute approximate surface area is 119 Å². The van der Waals surface area contributed by atoms with Gasteiger partial charge in [0.1, 0.15) is 14.8 Å². The van der Waals surface area contributed by atoms with Gasteiger partial charge in [-0.05, 0) is 29.8 Å². The quantitative estimate of drug-likeness (QED) is 0.778. The average molecular weight is 313 g/mol. The number of phenols is 1. The molecule has 0 fully saturated rings. The van der Waals surface area contributed by atoms with E-state index < -0.39 is 16.0 Å². The Hall–Kier alpha value is -1.90. The molecule has 1 aromatic carbocycles. The molecule has 0 atom stereocenters. The van der Waals surface area contributed by atoms with E-state index in [2.05, 4.69) is 4.72 Å². The maximum atomic E-state index is 12.0. The van der Waals surface area contributed by atoms with Crippen LogP contribution in [0, 0.1) is 0 Å². The van der Waals surface area contributed by atoms with Gasteiger partial charge in [0.15, 0.2) is 0 Å². The number of rotatable bonds is 5. The molecule has 0 aliphatic heterocycles. The zero-order valence-electron chi connectivity index (χ0n) is 10.1. The highest BCUT2D eigenvalue weighted by Crippen LogP contribution is 2.21. The topological polar surface area (TPSA) is 104 Å². The monoisotopic (exact) mass is 313 g/mol. The van der Waals surface area contributed by atoms with Crippen LogP contribution in [0.2, 0.25) is 0 Å². The van der Waals surface area contributed by atoms with E-state index >= 15 is 0 Å². The number of aromatic carboxylic acids is 1. The third kappa shape index (κ3) is 3.35. The van der Waals surface area contributed by atoms with Crippen molar-refractivity contribution in [2.75, 3.05) is 0 Å². The molecule has 0 bridgehead atoms. The number of nitrogens with one attached hydrogen (secondary N) is 1. The van der Waals surface area contributed by atoms with Crippen molar-refractivity contribution in [3.8, 4) is 5.75 Å². The van der Waals surface area contributed by atoms with E-state index in [9.17, 15) is 13.2 Å². The molecule has 20 heavy (non-hydrogen) atoms. The Morgan fingerprint density at radius 1 is 1.15 bits per heavy atom. The summed E-state index contributed by atoms with van der Waals surface area (Å²) in [5, 5.41) is 17.9. The summed E-state index contributed by atoms with van der Waals surface area (Å²) in [6, 6.07) is 8.61. The molecule has 106 valence electrons. The highest BCUT2D eigenvalue weighted by atomic mass is 32.2. The van der Waals surface area contributed by atoms with Crippen molar-refractivity contribution in [3.05, 3.63) is 46.8 Å². The lowest BCUT2D eigenvalue weighted by Gasteiger charge is -2.04. The molecule has 0 amide bonds. The fourth-order valence-corrected chi connectivity index (χ4v) is 3.65. The minimum absolute atomic E-state index is 0.0324. The molecule has 0 radical (unpaired) electrons. The van der Waals surface area contributed by atoms with Crippen LogP contribution in [0.5, 0.6) is 5.75 Å². The molecule has 0 saturated heterocycles. The molecule has 3 N–H and O–H groups in total. The number of thiophene rings is 1. The van der Waals surface area contributed by atoms with Crippen LogP contribution in [0.1, 0.15) is 15.2 Å². The molecule has 8 heteroatoms. The Morgan fingerprint density at radius 2 is 1.80 bits per heavy atom. The fraction of sp³-hybridized carbons (Fsp3) is 0.0833. The number of carboxylic acids is 1. The molecule has 0 spiro atoms. The van der Waals surface area contributed by atoms with Crippen LogP contribution in [0.25, 0.3) is 0 Å². The number of benzene rings is 1. The number of carbonyl (C=O) groups is 1. The average Bonchev–Trinajstić information content (AvgIpc) is 2.89. The minimum Gasteiger partial charge on any atom is -0.508 e. The SMILES string of the molecule is O=C(O)c1ccc(S(=O)(=O)NCc2ccc(O)cc2)s1. The van der Waals surface area contributed by atoms with E-state index in [4.69, 9.17) is 10.2 Å². The highest BCUT2D eigenvalue weighted by Gasteiger charge is 2.18. The smallest absolute Gasteiger partial charge is 0.345 e. The maximum absolute atomic E-state index is 12.0. The lowest BCUT2D eigenvalue weighted by Crippen LogP contribution is -2.22. The van der Waals surface area contributed by atoms with Crippen LogP contribution in [0.3, 0.4) is 0 Å². The standard InChI is InChI=1S/C12H11NO5S2/c14-9-3-1-8(2-4-9)7-13-20(17,18)11-6-5-10(19-11)12(15)16/h1-6,13-14H,7H2,(H,15,16). The predicted molar refractivity (Wildman–Crippen MR) is 73.4 cm³/mol. The molecular formula is C12H11NO5S2. The summed E-state index contributed by atoms with van der Waals surface area (Å²) >= 11 is 0.696. The highest BCUT2D eigenvalue weighted by molar-refractivity contribution is 7.91. The molecule has 1 heterocycles. The van der Waals surface area contributed by atoms with Crippen molar-refractivity contribution >= 4 is 27.3 Å². The van der Waals surface area contributed by atoms with Gasteiger partial charge in [-0.3, -0.25) is 0 Å². The predicted octanol–water partition coefficient (Wildman–Crippen LogP) is 1.63. The van der Waals surface area contributed by atoms with Crippen LogP contribution in [-0.2, 0) is 16.6 Å². The number of hydrogen-bond acceptors (Lipinski definition) is 5.